The molecule has 1 aromatic rings. The van der Waals surface area contributed by atoms with E-state index >= 15 is 0 Å². The predicted molar refractivity (Wildman–Crippen MR) is 61.7 cm³/mol. The van der Waals surface area contributed by atoms with Gasteiger partial charge in [0.2, 0.25) is 5.88 Å². The number of hydrogen-bond donors (Lipinski definition) is 0. The van der Waals surface area contributed by atoms with Crippen LogP contribution in [-0.4, -0.2) is 22.5 Å². The van der Waals surface area contributed by atoms with Gasteiger partial charge in [-0.15, -0.1) is 11.6 Å². The van der Waals surface area contributed by atoms with Crippen molar-refractivity contribution < 1.29 is 4.74 Å². The molecule has 0 bridgehead atoms. The van der Waals surface area contributed by atoms with E-state index < -0.39 is 0 Å². The fourth-order valence-corrected chi connectivity index (χ4v) is 1.93. The van der Waals surface area contributed by atoms with Gasteiger partial charge in [0.15, 0.2) is 0 Å². The minimum absolute atomic E-state index is 0.0639. The Balaban J connectivity index is 3.06. The van der Waals surface area contributed by atoms with Gasteiger partial charge >= 0.3 is 0 Å². The number of hydrogen-bond acceptors (Lipinski definition) is 3. The number of nitrogens with zero attached hydrogens (tertiary/aromatic N) is 2. The highest BCUT2D eigenvalue weighted by molar-refractivity contribution is 6.20. The van der Waals surface area contributed by atoms with Crippen LogP contribution in [0, 0.1) is 6.92 Å². The molecule has 3 nitrogen and oxygen atoms in total. The van der Waals surface area contributed by atoms with Crippen LogP contribution in [0.1, 0.15) is 37.7 Å². The maximum Gasteiger partial charge on any atom is 0.216 e. The Kier molecular flexibility index (Phi) is 4.33. The van der Waals surface area contributed by atoms with Gasteiger partial charge in [-0.1, -0.05) is 6.92 Å². The third kappa shape index (κ3) is 3.06. The summed E-state index contributed by atoms with van der Waals surface area (Å²) in [6.45, 7) is 5.95. The van der Waals surface area contributed by atoms with Crippen LogP contribution in [0.2, 0.25) is 0 Å². The van der Waals surface area contributed by atoms with Crippen LogP contribution >= 0.6 is 11.6 Å². The molecule has 0 saturated carbocycles. The van der Waals surface area contributed by atoms with Crippen molar-refractivity contribution in [1.29, 1.82) is 0 Å². The van der Waals surface area contributed by atoms with E-state index in [0.717, 1.165) is 17.9 Å². The van der Waals surface area contributed by atoms with Crippen LogP contribution in [-0.2, 0) is 0 Å². The van der Waals surface area contributed by atoms with Gasteiger partial charge in [0.05, 0.1) is 12.8 Å². The summed E-state index contributed by atoms with van der Waals surface area (Å²) in [4.78, 5) is 8.55. The first-order valence-corrected chi connectivity index (χ1v) is 5.55. The van der Waals surface area contributed by atoms with Gasteiger partial charge in [-0.05, 0) is 20.3 Å². The second kappa shape index (κ2) is 5.31. The summed E-state index contributed by atoms with van der Waals surface area (Å²) >= 11 is 6.13. The third-order valence-corrected chi connectivity index (χ3v) is 2.72. The Labute approximate surface area is 95.8 Å². The number of aryl methyl sites for hydroxylation is 1. The molecule has 2 atom stereocenters. The fourth-order valence-electron chi connectivity index (χ4n) is 1.63. The minimum atomic E-state index is 0.0639. The Morgan fingerprint density at radius 3 is 2.60 bits per heavy atom. The van der Waals surface area contributed by atoms with Gasteiger partial charge in [0.1, 0.15) is 5.82 Å². The minimum Gasteiger partial charge on any atom is -0.481 e. The predicted octanol–water partition coefficient (Wildman–Crippen LogP) is 2.91. The lowest BCUT2D eigenvalue weighted by molar-refractivity contribution is 0.393. The van der Waals surface area contributed by atoms with Crippen LogP contribution < -0.4 is 4.74 Å². The lowest BCUT2D eigenvalue weighted by atomic mass is 9.99. The van der Waals surface area contributed by atoms with Crippen LogP contribution in [0.4, 0.5) is 0 Å². The molecule has 2 unspecified atom stereocenters. The first kappa shape index (κ1) is 12.2. The average Bonchev–Trinajstić information content (AvgIpc) is 2.17. The molecular formula is C11H17ClN2O. The summed E-state index contributed by atoms with van der Waals surface area (Å²) in [7, 11) is 1.61. The van der Waals surface area contributed by atoms with Crippen molar-refractivity contribution >= 4 is 11.6 Å². The maximum absolute atomic E-state index is 6.13. The average molecular weight is 229 g/mol. The molecule has 0 saturated heterocycles. The van der Waals surface area contributed by atoms with Gasteiger partial charge in [0, 0.05) is 17.4 Å². The van der Waals surface area contributed by atoms with Crippen molar-refractivity contribution in [2.75, 3.05) is 7.11 Å². The molecule has 0 aliphatic carbocycles. The standard InChI is InChI=1S/C11H17ClN2O/c1-5-9(7(2)12)10-6-11(15-4)14-8(3)13-10/h6-7,9H,5H2,1-4H3. The van der Waals surface area contributed by atoms with Gasteiger partial charge in [-0.3, -0.25) is 0 Å². The van der Waals surface area contributed by atoms with Crippen LogP contribution in [0.15, 0.2) is 6.07 Å². The Bertz CT molecular complexity index is 328. The van der Waals surface area contributed by atoms with Crippen molar-refractivity contribution in [2.24, 2.45) is 0 Å². The van der Waals surface area contributed by atoms with Crippen molar-refractivity contribution in [3.63, 3.8) is 0 Å². The molecule has 84 valence electrons. The zero-order valence-electron chi connectivity index (χ0n) is 9.62. The molecule has 0 fully saturated rings. The van der Waals surface area contributed by atoms with Gasteiger partial charge in [-0.2, -0.15) is 4.98 Å². The highest BCUT2D eigenvalue weighted by Crippen LogP contribution is 2.27. The maximum atomic E-state index is 6.13. The molecule has 0 amide bonds. The number of rotatable bonds is 4. The van der Waals surface area contributed by atoms with E-state index in [1.54, 1.807) is 7.11 Å². The summed E-state index contributed by atoms with van der Waals surface area (Å²) in [5.41, 5.74) is 0.962. The van der Waals surface area contributed by atoms with E-state index in [0.29, 0.717) is 5.88 Å². The monoisotopic (exact) mass is 228 g/mol. The Hall–Kier alpha value is -0.830. The first-order valence-electron chi connectivity index (χ1n) is 5.12. The Morgan fingerprint density at radius 1 is 1.47 bits per heavy atom. The number of methoxy groups -OCH3 is 1. The molecule has 1 heterocycles. The zero-order chi connectivity index (χ0) is 11.4. The Morgan fingerprint density at radius 2 is 2.13 bits per heavy atom. The molecule has 0 aliphatic heterocycles. The molecule has 0 N–H and O–H groups in total. The van der Waals surface area contributed by atoms with E-state index in [9.17, 15) is 0 Å². The van der Waals surface area contributed by atoms with Crippen molar-refractivity contribution in [3.8, 4) is 5.88 Å². The molecule has 1 rings (SSSR count). The third-order valence-electron chi connectivity index (χ3n) is 2.42. The largest absolute Gasteiger partial charge is 0.481 e. The number of aromatic nitrogens is 2. The fraction of sp³-hybridized carbons (Fsp3) is 0.636. The van der Waals surface area contributed by atoms with E-state index in [1.165, 1.54) is 0 Å². The summed E-state index contributed by atoms with van der Waals surface area (Å²) in [5.74, 6) is 1.58. The van der Waals surface area contributed by atoms with Gasteiger partial charge in [-0.25, -0.2) is 4.98 Å². The summed E-state index contributed by atoms with van der Waals surface area (Å²) in [6.07, 6.45) is 0.963. The van der Waals surface area contributed by atoms with Crippen LogP contribution in [0.5, 0.6) is 5.88 Å². The van der Waals surface area contributed by atoms with Crippen molar-refractivity contribution in [1.82, 2.24) is 9.97 Å². The quantitative estimate of drug-likeness (QED) is 0.744. The molecule has 0 spiro atoms. The van der Waals surface area contributed by atoms with Gasteiger partial charge in [0.25, 0.3) is 0 Å². The smallest absolute Gasteiger partial charge is 0.216 e. The van der Waals surface area contributed by atoms with E-state index in [1.807, 2.05) is 19.9 Å². The highest BCUT2D eigenvalue weighted by atomic mass is 35.5. The number of alkyl halides is 1. The second-order valence-corrected chi connectivity index (χ2v) is 4.26. The molecule has 0 aliphatic rings. The molecule has 0 aromatic carbocycles. The lowest BCUT2D eigenvalue weighted by Gasteiger charge is -2.17. The summed E-state index contributed by atoms with van der Waals surface area (Å²) < 4.78 is 5.12. The molecule has 15 heavy (non-hydrogen) atoms. The molecule has 1 aromatic heterocycles. The first-order chi connectivity index (χ1) is 7.08. The summed E-state index contributed by atoms with van der Waals surface area (Å²) in [5, 5.41) is 0.0639. The van der Waals surface area contributed by atoms with Crippen molar-refractivity contribution in [3.05, 3.63) is 17.6 Å². The molecule has 0 radical (unpaired) electrons. The number of ether oxygens (including phenoxy) is 1. The topological polar surface area (TPSA) is 35.0 Å². The lowest BCUT2D eigenvalue weighted by Crippen LogP contribution is -2.11. The second-order valence-electron chi connectivity index (χ2n) is 3.57. The van der Waals surface area contributed by atoms with E-state index in [4.69, 9.17) is 16.3 Å². The SMILES string of the molecule is CCC(c1cc(OC)nc(C)n1)C(C)Cl. The molecular weight excluding hydrogens is 212 g/mol. The highest BCUT2D eigenvalue weighted by Gasteiger charge is 2.18. The van der Waals surface area contributed by atoms with E-state index in [2.05, 4.69) is 16.9 Å². The summed E-state index contributed by atoms with van der Waals surface area (Å²) in [6, 6.07) is 1.86. The number of halogens is 1. The van der Waals surface area contributed by atoms with Crippen molar-refractivity contribution in [2.45, 2.75) is 38.5 Å². The molecule has 4 heteroatoms. The van der Waals surface area contributed by atoms with Crippen LogP contribution in [0.3, 0.4) is 0 Å². The van der Waals surface area contributed by atoms with E-state index in [-0.39, 0.29) is 11.3 Å². The van der Waals surface area contributed by atoms with Crippen LogP contribution in [0.25, 0.3) is 0 Å². The van der Waals surface area contributed by atoms with Gasteiger partial charge < -0.3 is 4.74 Å². The zero-order valence-corrected chi connectivity index (χ0v) is 10.4. The normalized spacial score (nSPS) is 14.7.